The van der Waals surface area contributed by atoms with E-state index in [1.165, 1.54) is 17.2 Å². The number of amides is 2. The van der Waals surface area contributed by atoms with E-state index >= 15 is 0 Å². The van der Waals surface area contributed by atoms with Crippen molar-refractivity contribution in [3.8, 4) is 0 Å². The highest BCUT2D eigenvalue weighted by molar-refractivity contribution is 7.98. The lowest BCUT2D eigenvalue weighted by Crippen LogP contribution is -2.55. The molecule has 0 aliphatic heterocycles. The highest BCUT2D eigenvalue weighted by Gasteiger charge is 2.26. The van der Waals surface area contributed by atoms with Crippen molar-refractivity contribution in [2.75, 3.05) is 18.6 Å². The number of carbonyl (C=O) groups excluding carboxylic acids is 3. The normalized spacial score (nSPS) is 12.4. The minimum absolute atomic E-state index is 0.274. The SMILES string of the molecule is CSCCC(NN(CC=O)C(=O)OC(C)(C)C)C(=O)NO. The van der Waals surface area contributed by atoms with E-state index in [9.17, 15) is 14.4 Å². The molecule has 9 heteroatoms. The predicted octanol–water partition coefficient (Wildman–Crippen LogP) is 0.554. The van der Waals surface area contributed by atoms with E-state index in [0.29, 0.717) is 18.5 Å². The average molecular weight is 321 g/mol. The van der Waals surface area contributed by atoms with E-state index in [1.807, 2.05) is 6.26 Å². The van der Waals surface area contributed by atoms with Crippen LogP contribution in [0.4, 0.5) is 4.79 Å². The van der Waals surface area contributed by atoms with E-state index in [-0.39, 0.29) is 6.54 Å². The molecule has 0 bridgehead atoms. The summed E-state index contributed by atoms with van der Waals surface area (Å²) in [4.78, 5) is 34.2. The summed E-state index contributed by atoms with van der Waals surface area (Å²) < 4.78 is 5.14. The van der Waals surface area contributed by atoms with Crippen molar-refractivity contribution in [1.82, 2.24) is 15.9 Å². The first-order chi connectivity index (χ1) is 9.75. The Labute approximate surface area is 128 Å². The van der Waals surface area contributed by atoms with Crippen molar-refractivity contribution in [3.05, 3.63) is 0 Å². The number of hydrogen-bond donors (Lipinski definition) is 3. The maximum absolute atomic E-state index is 12.0. The van der Waals surface area contributed by atoms with Gasteiger partial charge in [0, 0.05) is 0 Å². The number of carbonyl (C=O) groups is 3. The minimum atomic E-state index is -0.852. The van der Waals surface area contributed by atoms with Gasteiger partial charge in [-0.3, -0.25) is 10.0 Å². The van der Waals surface area contributed by atoms with Crippen LogP contribution in [0, 0.1) is 0 Å². The highest BCUT2D eigenvalue weighted by Crippen LogP contribution is 2.10. The Hall–Kier alpha value is -1.32. The molecule has 0 fully saturated rings. The lowest BCUT2D eigenvalue weighted by atomic mass is 10.2. The largest absolute Gasteiger partial charge is 0.443 e. The summed E-state index contributed by atoms with van der Waals surface area (Å²) >= 11 is 1.51. The summed E-state index contributed by atoms with van der Waals surface area (Å²) in [5.41, 5.74) is 3.41. The van der Waals surface area contributed by atoms with Crippen LogP contribution in [-0.4, -0.2) is 58.7 Å². The Morgan fingerprint density at radius 2 is 2.05 bits per heavy atom. The molecule has 8 nitrogen and oxygen atoms in total. The lowest BCUT2D eigenvalue weighted by molar-refractivity contribution is -0.133. The molecule has 0 aromatic heterocycles. The Morgan fingerprint density at radius 1 is 1.43 bits per heavy atom. The second kappa shape index (κ2) is 9.59. The number of nitrogens with one attached hydrogen (secondary N) is 2. The van der Waals surface area contributed by atoms with Crippen LogP contribution in [0.2, 0.25) is 0 Å². The first-order valence-electron chi connectivity index (χ1n) is 6.38. The molecule has 0 saturated carbocycles. The summed E-state index contributed by atoms with van der Waals surface area (Å²) in [7, 11) is 0. The molecular formula is C12H23N3O5S. The van der Waals surface area contributed by atoms with Crippen molar-refractivity contribution < 1.29 is 24.3 Å². The van der Waals surface area contributed by atoms with Crippen molar-refractivity contribution in [3.63, 3.8) is 0 Å². The van der Waals surface area contributed by atoms with E-state index in [2.05, 4.69) is 5.43 Å². The van der Waals surface area contributed by atoms with Crippen molar-refractivity contribution >= 4 is 30.0 Å². The van der Waals surface area contributed by atoms with Gasteiger partial charge in [0.1, 0.15) is 17.9 Å². The van der Waals surface area contributed by atoms with Crippen molar-refractivity contribution in [1.29, 1.82) is 0 Å². The molecule has 1 atom stereocenters. The number of rotatable bonds is 8. The lowest BCUT2D eigenvalue weighted by Gasteiger charge is -2.29. The third kappa shape index (κ3) is 8.53. The molecule has 0 aliphatic carbocycles. The number of thioether (sulfide) groups is 1. The van der Waals surface area contributed by atoms with E-state index in [0.717, 1.165) is 5.01 Å². The summed E-state index contributed by atoms with van der Waals surface area (Å²) in [6.45, 7) is 4.80. The molecular weight excluding hydrogens is 298 g/mol. The van der Waals surface area contributed by atoms with Gasteiger partial charge in [0.2, 0.25) is 0 Å². The molecule has 21 heavy (non-hydrogen) atoms. The molecule has 2 amide bonds. The second-order valence-electron chi connectivity index (χ2n) is 5.20. The van der Waals surface area contributed by atoms with Gasteiger partial charge in [-0.05, 0) is 39.2 Å². The van der Waals surface area contributed by atoms with E-state index < -0.39 is 23.6 Å². The van der Waals surface area contributed by atoms with Crippen LogP contribution >= 0.6 is 11.8 Å². The fraction of sp³-hybridized carbons (Fsp3) is 0.750. The van der Waals surface area contributed by atoms with Crippen LogP contribution in [0.25, 0.3) is 0 Å². The van der Waals surface area contributed by atoms with Gasteiger partial charge in [-0.1, -0.05) is 0 Å². The smallest absolute Gasteiger partial charge is 0.425 e. The Balaban J connectivity index is 4.86. The van der Waals surface area contributed by atoms with Crippen LogP contribution in [0.5, 0.6) is 0 Å². The monoisotopic (exact) mass is 321 g/mol. The van der Waals surface area contributed by atoms with Gasteiger partial charge < -0.3 is 9.53 Å². The van der Waals surface area contributed by atoms with Gasteiger partial charge >= 0.3 is 6.09 Å². The van der Waals surface area contributed by atoms with Crippen molar-refractivity contribution in [2.45, 2.75) is 38.8 Å². The van der Waals surface area contributed by atoms with Crippen LogP contribution in [-0.2, 0) is 14.3 Å². The van der Waals surface area contributed by atoms with E-state index in [1.54, 1.807) is 20.8 Å². The Kier molecular flexibility index (Phi) is 8.98. The van der Waals surface area contributed by atoms with Crippen LogP contribution in [0.3, 0.4) is 0 Å². The number of hydroxylamine groups is 1. The van der Waals surface area contributed by atoms with Gasteiger partial charge in [0.15, 0.2) is 0 Å². The van der Waals surface area contributed by atoms with E-state index in [4.69, 9.17) is 9.94 Å². The third-order valence-electron chi connectivity index (χ3n) is 2.22. The van der Waals surface area contributed by atoms with Gasteiger partial charge in [0.25, 0.3) is 5.91 Å². The quantitative estimate of drug-likeness (QED) is 0.340. The molecule has 0 saturated heterocycles. The molecule has 0 spiro atoms. The maximum atomic E-state index is 12.0. The van der Waals surface area contributed by atoms with Crippen LogP contribution < -0.4 is 10.9 Å². The predicted molar refractivity (Wildman–Crippen MR) is 78.9 cm³/mol. The molecule has 0 rings (SSSR count). The Morgan fingerprint density at radius 3 is 2.48 bits per heavy atom. The first kappa shape index (κ1) is 19.7. The molecule has 0 aromatic rings. The van der Waals surface area contributed by atoms with Gasteiger partial charge in [-0.25, -0.2) is 20.7 Å². The topological polar surface area (TPSA) is 108 Å². The standard InChI is InChI=1S/C12H23N3O5S/c1-12(2,3)20-11(18)15(6-7-16)13-9(5-8-21-4)10(17)14-19/h7,9,13,19H,5-6,8H2,1-4H3,(H,14,17). The van der Waals surface area contributed by atoms with Crippen molar-refractivity contribution in [2.24, 2.45) is 0 Å². The average Bonchev–Trinajstić information content (AvgIpc) is 2.39. The molecule has 3 N–H and O–H groups in total. The second-order valence-corrected chi connectivity index (χ2v) is 6.18. The number of hydrogen-bond acceptors (Lipinski definition) is 7. The highest BCUT2D eigenvalue weighted by atomic mass is 32.2. The summed E-state index contributed by atoms with van der Waals surface area (Å²) in [6.07, 6.45) is 1.98. The first-order valence-corrected chi connectivity index (χ1v) is 7.77. The molecule has 0 aromatic carbocycles. The zero-order chi connectivity index (χ0) is 16.5. The minimum Gasteiger partial charge on any atom is -0.443 e. The third-order valence-corrected chi connectivity index (χ3v) is 2.86. The molecule has 0 radical (unpaired) electrons. The fourth-order valence-electron chi connectivity index (χ4n) is 1.33. The van der Waals surface area contributed by atoms with Gasteiger partial charge in [0.05, 0.1) is 6.54 Å². The number of ether oxygens (including phenoxy) is 1. The summed E-state index contributed by atoms with van der Waals surface area (Å²) in [5.74, 6) is -0.0579. The van der Waals surface area contributed by atoms with Crippen LogP contribution in [0.1, 0.15) is 27.2 Å². The molecule has 122 valence electrons. The van der Waals surface area contributed by atoms with Crippen LogP contribution in [0.15, 0.2) is 0 Å². The molecule has 0 aliphatic rings. The zero-order valence-electron chi connectivity index (χ0n) is 12.7. The fourth-order valence-corrected chi connectivity index (χ4v) is 1.80. The Bertz CT molecular complexity index is 359. The number of aldehydes is 1. The van der Waals surface area contributed by atoms with Gasteiger partial charge in [-0.2, -0.15) is 11.8 Å². The molecule has 0 heterocycles. The zero-order valence-corrected chi connectivity index (χ0v) is 13.5. The maximum Gasteiger partial charge on any atom is 0.425 e. The summed E-state index contributed by atoms with van der Waals surface area (Å²) in [5, 5.41) is 9.64. The number of hydrazine groups is 1. The van der Waals surface area contributed by atoms with Gasteiger partial charge in [-0.15, -0.1) is 0 Å². The number of nitrogens with zero attached hydrogens (tertiary/aromatic N) is 1. The summed E-state index contributed by atoms with van der Waals surface area (Å²) in [6, 6.07) is -0.852. The molecule has 1 unspecified atom stereocenters.